The molecular formula is C20H25ClN2O6S. The van der Waals surface area contributed by atoms with Gasteiger partial charge < -0.3 is 9.47 Å². The molecular weight excluding hydrogens is 432 g/mol. The van der Waals surface area contributed by atoms with Crippen molar-refractivity contribution in [2.45, 2.75) is 30.8 Å². The Morgan fingerprint density at radius 2 is 1.90 bits per heavy atom. The number of ether oxygens (including phenoxy) is 2. The first-order chi connectivity index (χ1) is 14.3. The third-order valence-corrected chi connectivity index (χ3v) is 6.57. The molecule has 0 saturated heterocycles. The van der Waals surface area contributed by atoms with E-state index in [1.165, 1.54) is 31.6 Å². The van der Waals surface area contributed by atoms with E-state index in [2.05, 4.69) is 0 Å². The normalized spacial score (nSPS) is 12.4. The van der Waals surface area contributed by atoms with Crippen LogP contribution in [0.4, 0.5) is 0 Å². The van der Waals surface area contributed by atoms with Gasteiger partial charge >= 0.3 is 0 Å². The summed E-state index contributed by atoms with van der Waals surface area (Å²) in [6.45, 7) is 1.72. The zero-order chi connectivity index (χ0) is 22.1. The number of benzene rings is 2. The lowest BCUT2D eigenvalue weighted by molar-refractivity contribution is -0.132. The van der Waals surface area contributed by atoms with Crippen molar-refractivity contribution < 1.29 is 27.9 Å². The molecule has 0 aliphatic rings. The van der Waals surface area contributed by atoms with Crippen molar-refractivity contribution >= 4 is 27.5 Å². The molecule has 0 heterocycles. The summed E-state index contributed by atoms with van der Waals surface area (Å²) >= 11 is 5.62. The molecule has 0 aliphatic carbocycles. The van der Waals surface area contributed by atoms with Crippen LogP contribution in [0.2, 0.25) is 0 Å². The molecule has 1 amide bonds. The summed E-state index contributed by atoms with van der Waals surface area (Å²) in [5.74, 6) is 0.695. The van der Waals surface area contributed by atoms with E-state index in [-0.39, 0.29) is 11.4 Å². The monoisotopic (exact) mass is 456 g/mol. The molecule has 2 aromatic rings. The Morgan fingerprint density at radius 3 is 2.50 bits per heavy atom. The average molecular weight is 457 g/mol. The predicted octanol–water partition coefficient (Wildman–Crippen LogP) is 2.79. The number of halogens is 1. The minimum Gasteiger partial charge on any atom is -0.497 e. The van der Waals surface area contributed by atoms with E-state index in [9.17, 15) is 13.2 Å². The van der Waals surface area contributed by atoms with Crippen LogP contribution in [0, 0.1) is 0 Å². The number of methoxy groups -OCH3 is 1. The van der Waals surface area contributed by atoms with Crippen LogP contribution in [-0.4, -0.2) is 49.5 Å². The van der Waals surface area contributed by atoms with Gasteiger partial charge in [-0.2, -0.15) is 4.31 Å². The Hall–Kier alpha value is -2.33. The number of amides is 1. The highest BCUT2D eigenvalue weighted by atomic mass is 35.5. The zero-order valence-corrected chi connectivity index (χ0v) is 18.3. The second kappa shape index (κ2) is 11.2. The number of hydroxylamine groups is 1. The first-order valence-electron chi connectivity index (χ1n) is 9.21. The minimum atomic E-state index is -4.07. The highest BCUT2D eigenvalue weighted by Crippen LogP contribution is 2.25. The highest BCUT2D eigenvalue weighted by molar-refractivity contribution is 7.89. The summed E-state index contributed by atoms with van der Waals surface area (Å²) in [7, 11) is -2.57. The van der Waals surface area contributed by atoms with Crippen LogP contribution in [0.1, 0.15) is 18.9 Å². The summed E-state index contributed by atoms with van der Waals surface area (Å²) < 4.78 is 38.3. The number of alkyl halides is 1. The lowest BCUT2D eigenvalue weighted by Gasteiger charge is -2.27. The molecule has 1 atom stereocenters. The molecule has 0 aromatic heterocycles. The van der Waals surface area contributed by atoms with E-state index in [1.54, 1.807) is 36.4 Å². The molecule has 2 aromatic carbocycles. The maximum Gasteiger partial charge on any atom is 0.261 e. The number of nitrogens with one attached hydrogen (secondary N) is 1. The molecule has 10 heteroatoms. The molecule has 8 nitrogen and oxygen atoms in total. The fourth-order valence-electron chi connectivity index (χ4n) is 2.69. The number of nitrogens with zero attached hydrogens (tertiary/aromatic N) is 1. The smallest absolute Gasteiger partial charge is 0.261 e. The van der Waals surface area contributed by atoms with E-state index in [0.29, 0.717) is 36.0 Å². The van der Waals surface area contributed by atoms with Gasteiger partial charge in [-0.3, -0.25) is 10.0 Å². The summed E-state index contributed by atoms with van der Waals surface area (Å²) in [6.07, 6.45) is 0.670. The third-order valence-electron chi connectivity index (χ3n) is 4.37. The standard InChI is InChI=1S/C20H25ClN2O6S/c1-15(20(24)22-25)23(14-16-5-3-6-18(13-16)28-2)30(26,27)19-9-7-17(8-10-19)29-12-4-11-21/h3,5-10,13,15,25H,4,11-12,14H2,1-2H3,(H,22,24)/t15-/m1/s1. The highest BCUT2D eigenvalue weighted by Gasteiger charge is 2.33. The van der Waals surface area contributed by atoms with Crippen LogP contribution >= 0.6 is 11.6 Å². The number of rotatable bonds is 11. The van der Waals surface area contributed by atoms with Crippen LogP contribution in [-0.2, 0) is 21.4 Å². The van der Waals surface area contributed by atoms with Crippen molar-refractivity contribution in [1.82, 2.24) is 9.79 Å². The van der Waals surface area contributed by atoms with Gasteiger partial charge in [0.25, 0.3) is 5.91 Å². The van der Waals surface area contributed by atoms with E-state index in [4.69, 9.17) is 26.3 Å². The molecule has 30 heavy (non-hydrogen) atoms. The van der Waals surface area contributed by atoms with E-state index < -0.39 is 22.0 Å². The Morgan fingerprint density at radius 1 is 1.20 bits per heavy atom. The fourth-order valence-corrected chi connectivity index (χ4v) is 4.38. The average Bonchev–Trinajstić information content (AvgIpc) is 2.77. The van der Waals surface area contributed by atoms with Crippen molar-refractivity contribution in [3.05, 3.63) is 54.1 Å². The fraction of sp³-hybridized carbons (Fsp3) is 0.350. The Bertz CT molecular complexity index is 937. The second-order valence-corrected chi connectivity index (χ2v) is 8.68. The molecule has 0 bridgehead atoms. The minimum absolute atomic E-state index is 0.00678. The van der Waals surface area contributed by atoms with Crippen LogP contribution in [0.3, 0.4) is 0 Å². The predicted molar refractivity (Wildman–Crippen MR) is 112 cm³/mol. The van der Waals surface area contributed by atoms with Crippen molar-refractivity contribution in [2.24, 2.45) is 0 Å². The van der Waals surface area contributed by atoms with Crippen molar-refractivity contribution in [2.75, 3.05) is 19.6 Å². The van der Waals surface area contributed by atoms with Gasteiger partial charge in [0.05, 0.1) is 18.6 Å². The molecule has 0 saturated carbocycles. The molecule has 164 valence electrons. The second-order valence-electron chi connectivity index (χ2n) is 6.42. The first kappa shape index (κ1) is 23.9. The molecule has 0 unspecified atom stereocenters. The van der Waals surface area contributed by atoms with Gasteiger partial charge in [0.15, 0.2) is 0 Å². The van der Waals surface area contributed by atoms with Crippen LogP contribution in [0.5, 0.6) is 11.5 Å². The van der Waals surface area contributed by atoms with Crippen LogP contribution < -0.4 is 15.0 Å². The number of hydrogen-bond acceptors (Lipinski definition) is 6. The van der Waals surface area contributed by atoms with Crippen LogP contribution in [0.15, 0.2) is 53.4 Å². The van der Waals surface area contributed by atoms with E-state index in [0.717, 1.165) is 4.31 Å². The number of hydrogen-bond donors (Lipinski definition) is 2. The SMILES string of the molecule is COc1cccc(CN([C@H](C)C(=O)NO)S(=O)(=O)c2ccc(OCCCCl)cc2)c1. The summed E-state index contributed by atoms with van der Waals surface area (Å²) in [4.78, 5) is 12.0. The maximum absolute atomic E-state index is 13.3. The quantitative estimate of drug-likeness (QED) is 0.233. The molecule has 2 N–H and O–H groups in total. The largest absolute Gasteiger partial charge is 0.497 e. The summed E-state index contributed by atoms with van der Waals surface area (Å²) in [5, 5.41) is 9.01. The Kier molecular flexibility index (Phi) is 8.91. The van der Waals surface area contributed by atoms with E-state index >= 15 is 0 Å². The molecule has 0 aliphatic heterocycles. The number of carbonyl (C=O) groups excluding carboxylic acids is 1. The van der Waals surface area contributed by atoms with Gasteiger partial charge in [-0.25, -0.2) is 13.9 Å². The van der Waals surface area contributed by atoms with Crippen molar-refractivity contribution in [3.8, 4) is 11.5 Å². The van der Waals surface area contributed by atoms with Gasteiger partial charge in [-0.05, 0) is 55.3 Å². The van der Waals surface area contributed by atoms with Gasteiger partial charge in [-0.15, -0.1) is 11.6 Å². The summed E-state index contributed by atoms with van der Waals surface area (Å²) in [5.41, 5.74) is 2.14. The van der Waals surface area contributed by atoms with Gasteiger partial charge in [-0.1, -0.05) is 12.1 Å². The summed E-state index contributed by atoms with van der Waals surface area (Å²) in [6, 6.07) is 11.6. The Balaban J connectivity index is 2.34. The maximum atomic E-state index is 13.3. The topological polar surface area (TPSA) is 105 Å². The molecule has 0 spiro atoms. The zero-order valence-electron chi connectivity index (χ0n) is 16.7. The van der Waals surface area contributed by atoms with Crippen molar-refractivity contribution in [3.63, 3.8) is 0 Å². The lowest BCUT2D eigenvalue weighted by atomic mass is 10.2. The Labute approximate surface area is 181 Å². The van der Waals surface area contributed by atoms with Gasteiger partial charge in [0.1, 0.15) is 17.5 Å². The van der Waals surface area contributed by atoms with Gasteiger partial charge in [0, 0.05) is 12.4 Å². The van der Waals surface area contributed by atoms with Crippen LogP contribution in [0.25, 0.3) is 0 Å². The van der Waals surface area contributed by atoms with Crippen molar-refractivity contribution in [1.29, 1.82) is 0 Å². The van der Waals surface area contributed by atoms with Gasteiger partial charge in [0.2, 0.25) is 10.0 Å². The molecule has 2 rings (SSSR count). The number of sulfonamides is 1. The molecule has 0 fully saturated rings. The van der Waals surface area contributed by atoms with E-state index in [1.807, 2.05) is 0 Å². The third kappa shape index (κ3) is 6.09. The lowest BCUT2D eigenvalue weighted by Crippen LogP contribution is -2.46. The molecule has 0 radical (unpaired) electrons. The number of carbonyl (C=O) groups is 1. The first-order valence-corrected chi connectivity index (χ1v) is 11.2.